The van der Waals surface area contributed by atoms with E-state index in [4.69, 9.17) is 5.11 Å². The van der Waals surface area contributed by atoms with Gasteiger partial charge in [0.15, 0.2) is 5.78 Å². The topological polar surface area (TPSA) is 380 Å². The molecule has 1 aliphatic heterocycles. The number of ketones is 3. The number of aliphatic carboxylic acids is 3. The van der Waals surface area contributed by atoms with E-state index >= 15 is 0 Å². The van der Waals surface area contributed by atoms with Gasteiger partial charge in [-0.15, -0.1) is 11.8 Å². The third-order valence-corrected chi connectivity index (χ3v) is 13.1. The van der Waals surface area contributed by atoms with Gasteiger partial charge in [0.25, 0.3) is 0 Å². The van der Waals surface area contributed by atoms with Gasteiger partial charge < -0.3 is 26.0 Å². The lowest BCUT2D eigenvalue weighted by Gasteiger charge is -2.20. The van der Waals surface area contributed by atoms with Gasteiger partial charge in [-0.2, -0.15) is 0 Å². The van der Waals surface area contributed by atoms with E-state index in [0.717, 1.165) is 29.5 Å². The van der Waals surface area contributed by atoms with Gasteiger partial charge >= 0.3 is 17.9 Å². The molecule has 0 spiro atoms. The SMILES string of the molecule is CC(=O)N(O)CCCCCCC(=O)CCC(=O)N(O)CCCCCNC(=O)CCC(=O)N(O)CCCCCCC(=O)CCN1C(=O)CC(SC[C@H](CC(=O)[C@H](CC(=O)O)NC(=O)[C@@H](C)CC(=O)O)C(=O)O)C1=O. The molecule has 1 rings (SSSR count). The zero-order valence-electron chi connectivity index (χ0n) is 41.8. The number of Topliss-reactive ketones (excluding diaryl/α,β-unsaturated/α-hetero) is 3. The summed E-state index contributed by atoms with van der Waals surface area (Å²) in [6.07, 6.45) is 3.67. The molecule has 1 heterocycles. The molecular formula is C47H74N6O19S. The van der Waals surface area contributed by atoms with Crippen LogP contribution in [0.5, 0.6) is 0 Å². The van der Waals surface area contributed by atoms with E-state index in [0.29, 0.717) is 85.9 Å². The van der Waals surface area contributed by atoms with Gasteiger partial charge in [0.2, 0.25) is 41.4 Å². The number of hydroxylamine groups is 6. The fourth-order valence-corrected chi connectivity index (χ4v) is 8.57. The van der Waals surface area contributed by atoms with Gasteiger partial charge in [-0.3, -0.25) is 82.9 Å². The summed E-state index contributed by atoms with van der Waals surface area (Å²) >= 11 is 0.816. The second-order valence-corrected chi connectivity index (χ2v) is 19.3. The quantitative estimate of drug-likeness (QED) is 0.0188. The van der Waals surface area contributed by atoms with Crippen LogP contribution in [-0.2, 0) is 62.3 Å². The Kier molecular flexibility index (Phi) is 32.2. The van der Waals surface area contributed by atoms with E-state index in [1.165, 1.54) is 13.8 Å². The number of unbranched alkanes of at least 4 members (excludes halogenated alkanes) is 8. The van der Waals surface area contributed by atoms with Crippen molar-refractivity contribution < 1.29 is 93.3 Å². The number of carbonyl (C=O) groups is 13. The molecule has 4 atom stereocenters. The largest absolute Gasteiger partial charge is 0.481 e. The lowest BCUT2D eigenvalue weighted by molar-refractivity contribution is -0.166. The Hall–Kier alpha value is -5.86. The molecule has 0 aromatic rings. The molecular weight excluding hydrogens is 985 g/mol. The molecule has 73 heavy (non-hydrogen) atoms. The van der Waals surface area contributed by atoms with E-state index in [1.807, 2.05) is 0 Å². The number of imide groups is 1. The van der Waals surface area contributed by atoms with Gasteiger partial charge in [-0.1, -0.05) is 32.6 Å². The van der Waals surface area contributed by atoms with Crippen molar-refractivity contribution in [1.82, 2.24) is 30.7 Å². The summed E-state index contributed by atoms with van der Waals surface area (Å²) in [5, 5.41) is 63.0. The van der Waals surface area contributed by atoms with Crippen LogP contribution >= 0.6 is 11.8 Å². The molecule has 0 aromatic heterocycles. The maximum atomic E-state index is 13.0. The lowest BCUT2D eigenvalue weighted by Crippen LogP contribution is -2.45. The van der Waals surface area contributed by atoms with Gasteiger partial charge in [-0.25, -0.2) is 15.2 Å². The fraction of sp³-hybridized carbons (Fsp3) is 0.723. The highest BCUT2D eigenvalue weighted by atomic mass is 32.2. The number of thioether (sulfide) groups is 1. The number of hydrogen-bond donors (Lipinski definition) is 8. The first kappa shape index (κ1) is 65.2. The predicted molar refractivity (Wildman–Crippen MR) is 256 cm³/mol. The molecule has 0 aliphatic carbocycles. The van der Waals surface area contributed by atoms with Gasteiger partial charge in [0, 0.05) is 109 Å². The number of carbonyl (C=O) groups excluding carboxylic acids is 10. The Bertz CT molecular complexity index is 1920. The van der Waals surface area contributed by atoms with Crippen molar-refractivity contribution in [3.8, 4) is 0 Å². The van der Waals surface area contributed by atoms with Crippen LogP contribution in [0.1, 0.15) is 155 Å². The molecule has 26 heteroatoms. The number of nitrogens with one attached hydrogen (secondary N) is 2. The summed E-state index contributed by atoms with van der Waals surface area (Å²) in [6.45, 7) is 2.93. The maximum absolute atomic E-state index is 13.0. The summed E-state index contributed by atoms with van der Waals surface area (Å²) in [5.74, 6) is -12.5. The number of likely N-dealkylation sites (tertiary alicyclic amines) is 1. The van der Waals surface area contributed by atoms with E-state index < -0.39 is 107 Å². The van der Waals surface area contributed by atoms with E-state index in [1.54, 1.807) is 0 Å². The van der Waals surface area contributed by atoms with Crippen LogP contribution < -0.4 is 10.6 Å². The maximum Gasteiger partial charge on any atom is 0.307 e. The van der Waals surface area contributed by atoms with Crippen molar-refractivity contribution in [1.29, 1.82) is 0 Å². The number of carboxylic acid groups (broad SMARTS) is 3. The first-order chi connectivity index (χ1) is 34.4. The molecule has 1 unspecified atom stereocenters. The fourth-order valence-electron chi connectivity index (χ4n) is 7.31. The van der Waals surface area contributed by atoms with Crippen molar-refractivity contribution in [2.45, 2.75) is 166 Å². The average Bonchev–Trinajstić information content (AvgIpc) is 3.60. The lowest BCUT2D eigenvalue weighted by atomic mass is 9.97. The summed E-state index contributed by atoms with van der Waals surface area (Å²) in [7, 11) is 0. The highest BCUT2D eigenvalue weighted by Crippen LogP contribution is 2.28. The van der Waals surface area contributed by atoms with Crippen LogP contribution in [0.15, 0.2) is 0 Å². The number of carboxylic acids is 3. The minimum atomic E-state index is -1.64. The molecule has 0 aromatic carbocycles. The van der Waals surface area contributed by atoms with Crippen LogP contribution in [0.2, 0.25) is 0 Å². The Morgan fingerprint density at radius 1 is 0.630 bits per heavy atom. The van der Waals surface area contributed by atoms with E-state index in [-0.39, 0.29) is 88.4 Å². The smallest absolute Gasteiger partial charge is 0.307 e. The van der Waals surface area contributed by atoms with Gasteiger partial charge in [0.1, 0.15) is 11.6 Å². The van der Waals surface area contributed by atoms with E-state index in [9.17, 15) is 88.2 Å². The molecule has 25 nitrogen and oxygen atoms in total. The molecule has 1 saturated heterocycles. The van der Waals surface area contributed by atoms with E-state index in [2.05, 4.69) is 10.6 Å². The average molecular weight is 1060 g/mol. The van der Waals surface area contributed by atoms with Crippen molar-refractivity contribution in [3.63, 3.8) is 0 Å². The van der Waals surface area contributed by atoms with Crippen molar-refractivity contribution in [2.75, 3.05) is 38.5 Å². The molecule has 8 N–H and O–H groups in total. The number of hydrogen-bond acceptors (Lipinski definition) is 17. The molecule has 1 aliphatic rings. The van der Waals surface area contributed by atoms with Crippen LogP contribution in [0.4, 0.5) is 0 Å². The zero-order valence-corrected chi connectivity index (χ0v) is 42.6. The standard InChI is InChI=1S/C47H74N6O19S/c1-31(26-43(62)63)45(66)49-36(28-44(64)65)37(57)27-33(47(68)69)30-73-38-29-42(61)50(46(38)67)25-20-35(56)15-9-4-6-12-23-53(72)41(60)19-17-39(58)48-21-10-7-13-24-52(71)40(59)18-16-34(55)14-8-3-5-11-22-51(70)32(2)54/h31,33,36,38,70-72H,3-30H2,1-2H3,(H,48,58)(H,49,66)(H,62,63)(H,64,65)(H,68,69)/t31-,33-,36-,38?/m0/s1. The summed E-state index contributed by atoms with van der Waals surface area (Å²) < 4.78 is 0. The van der Waals surface area contributed by atoms with Crippen molar-refractivity contribution >= 4 is 88.4 Å². The molecule has 0 radical (unpaired) electrons. The monoisotopic (exact) mass is 1060 g/mol. The number of amides is 7. The summed E-state index contributed by atoms with van der Waals surface area (Å²) in [6, 6.07) is -1.64. The summed E-state index contributed by atoms with van der Waals surface area (Å²) in [5.41, 5.74) is 0. The highest BCUT2D eigenvalue weighted by molar-refractivity contribution is 8.00. The second kappa shape index (κ2) is 36.1. The zero-order chi connectivity index (χ0) is 55.0. The number of nitrogens with zero attached hydrogens (tertiary/aromatic N) is 4. The van der Waals surface area contributed by atoms with Gasteiger partial charge in [-0.05, 0) is 44.9 Å². The van der Waals surface area contributed by atoms with Crippen LogP contribution in [0.3, 0.4) is 0 Å². The van der Waals surface area contributed by atoms with Crippen LogP contribution in [-0.4, -0.2) is 177 Å². The molecule has 7 amide bonds. The van der Waals surface area contributed by atoms with Crippen molar-refractivity contribution in [2.24, 2.45) is 11.8 Å². The predicted octanol–water partition coefficient (Wildman–Crippen LogP) is 2.53. The molecule has 0 bridgehead atoms. The third kappa shape index (κ3) is 28.8. The first-order valence-corrected chi connectivity index (χ1v) is 25.7. The van der Waals surface area contributed by atoms with Crippen LogP contribution in [0.25, 0.3) is 0 Å². The highest BCUT2D eigenvalue weighted by Gasteiger charge is 2.40. The third-order valence-electron chi connectivity index (χ3n) is 11.8. The molecule has 1 fully saturated rings. The Balaban J connectivity index is 2.25. The Morgan fingerprint density at radius 3 is 1.67 bits per heavy atom. The molecule has 412 valence electrons. The minimum Gasteiger partial charge on any atom is -0.481 e. The van der Waals surface area contributed by atoms with Crippen molar-refractivity contribution in [3.05, 3.63) is 0 Å². The normalized spacial score (nSPS) is 14.4. The Morgan fingerprint density at radius 2 is 1.14 bits per heavy atom. The summed E-state index contributed by atoms with van der Waals surface area (Å²) in [4.78, 5) is 159. The van der Waals surface area contributed by atoms with Gasteiger partial charge in [0.05, 0.1) is 30.1 Å². The minimum absolute atomic E-state index is 0.00654. The number of rotatable bonds is 42. The van der Waals surface area contributed by atoms with Crippen LogP contribution in [0, 0.1) is 11.8 Å². The Labute approximate surface area is 428 Å². The second-order valence-electron chi connectivity index (χ2n) is 18.0. The molecule has 0 saturated carbocycles. The first-order valence-electron chi connectivity index (χ1n) is 24.6.